The van der Waals surface area contributed by atoms with Gasteiger partial charge in [0.05, 0.1) is 22.8 Å². The molecule has 2 heterocycles. The summed E-state index contributed by atoms with van der Waals surface area (Å²) in [5, 5.41) is 5.74. The molecule has 4 rings (SSSR count). The van der Waals surface area contributed by atoms with E-state index in [2.05, 4.69) is 14.8 Å². The van der Waals surface area contributed by atoms with Gasteiger partial charge in [-0.2, -0.15) is 5.10 Å². The van der Waals surface area contributed by atoms with E-state index in [-0.39, 0.29) is 11.4 Å². The van der Waals surface area contributed by atoms with Crippen molar-refractivity contribution in [2.24, 2.45) is 0 Å². The number of hydrogen-bond donors (Lipinski definition) is 1. The molecular formula is C19H17ClN4O2S2. The SMILES string of the molecule is Cc1nn2c(CNS(=O)(=O)c3ccc(C)c(Cl)c3)c(-c3ccccc3)nc2s1. The molecule has 0 aliphatic rings. The van der Waals surface area contributed by atoms with Crippen LogP contribution < -0.4 is 4.72 Å². The smallest absolute Gasteiger partial charge is 0.217 e. The summed E-state index contributed by atoms with van der Waals surface area (Å²) in [7, 11) is -3.74. The van der Waals surface area contributed by atoms with Crippen LogP contribution in [0.25, 0.3) is 16.2 Å². The van der Waals surface area contributed by atoms with Gasteiger partial charge in [0.2, 0.25) is 15.0 Å². The summed E-state index contributed by atoms with van der Waals surface area (Å²) in [5.74, 6) is 0. The van der Waals surface area contributed by atoms with Crippen LogP contribution in [0, 0.1) is 13.8 Å². The van der Waals surface area contributed by atoms with Crippen molar-refractivity contribution in [2.75, 3.05) is 0 Å². The normalized spacial score (nSPS) is 12.0. The zero-order valence-electron chi connectivity index (χ0n) is 15.2. The number of benzene rings is 2. The van der Waals surface area contributed by atoms with Crippen LogP contribution in [-0.2, 0) is 16.6 Å². The second-order valence-corrected chi connectivity index (χ2v) is 9.66. The van der Waals surface area contributed by atoms with Gasteiger partial charge < -0.3 is 0 Å². The van der Waals surface area contributed by atoms with Crippen LogP contribution in [0.2, 0.25) is 5.02 Å². The maximum Gasteiger partial charge on any atom is 0.240 e. The molecule has 0 aliphatic heterocycles. The van der Waals surface area contributed by atoms with Gasteiger partial charge in [-0.25, -0.2) is 22.6 Å². The van der Waals surface area contributed by atoms with Crippen molar-refractivity contribution in [2.45, 2.75) is 25.3 Å². The van der Waals surface area contributed by atoms with E-state index < -0.39 is 10.0 Å². The Morgan fingerprint density at radius 3 is 2.61 bits per heavy atom. The first-order valence-corrected chi connectivity index (χ1v) is 11.2. The molecule has 0 atom stereocenters. The van der Waals surface area contributed by atoms with E-state index in [1.165, 1.54) is 17.4 Å². The highest BCUT2D eigenvalue weighted by Crippen LogP contribution is 2.27. The molecule has 4 aromatic rings. The van der Waals surface area contributed by atoms with Gasteiger partial charge >= 0.3 is 0 Å². The maximum absolute atomic E-state index is 12.8. The molecule has 0 saturated heterocycles. The van der Waals surface area contributed by atoms with Gasteiger partial charge in [-0.3, -0.25) is 0 Å². The van der Waals surface area contributed by atoms with Gasteiger partial charge in [0.15, 0.2) is 0 Å². The molecular weight excluding hydrogens is 416 g/mol. The van der Waals surface area contributed by atoms with E-state index in [4.69, 9.17) is 11.6 Å². The molecule has 28 heavy (non-hydrogen) atoms. The molecule has 0 fully saturated rings. The van der Waals surface area contributed by atoms with Crippen LogP contribution >= 0.6 is 22.9 Å². The average Bonchev–Trinajstić information content (AvgIpc) is 3.19. The lowest BCUT2D eigenvalue weighted by molar-refractivity contribution is 0.579. The lowest BCUT2D eigenvalue weighted by atomic mass is 10.1. The third kappa shape index (κ3) is 3.56. The number of sulfonamides is 1. The summed E-state index contributed by atoms with van der Waals surface area (Å²) in [6.45, 7) is 3.78. The highest BCUT2D eigenvalue weighted by molar-refractivity contribution is 7.89. The second-order valence-electron chi connectivity index (χ2n) is 6.32. The van der Waals surface area contributed by atoms with Crippen LogP contribution in [0.1, 0.15) is 16.3 Å². The Kier molecular flexibility index (Phi) is 4.96. The second kappa shape index (κ2) is 7.29. The van der Waals surface area contributed by atoms with E-state index in [1.807, 2.05) is 44.2 Å². The standard InChI is InChI=1S/C19H17ClN4O2S2/c1-12-8-9-15(10-16(12)20)28(25,26)21-11-17-18(14-6-4-3-5-7-14)22-19-24(17)23-13(2)27-19/h3-10,21H,11H2,1-2H3. The molecule has 2 aromatic carbocycles. The third-order valence-electron chi connectivity index (χ3n) is 4.33. The number of nitrogens with one attached hydrogen (secondary N) is 1. The maximum atomic E-state index is 12.8. The molecule has 0 aliphatic carbocycles. The van der Waals surface area contributed by atoms with Crippen molar-refractivity contribution in [3.63, 3.8) is 0 Å². The van der Waals surface area contributed by atoms with Crippen molar-refractivity contribution in [1.82, 2.24) is 19.3 Å². The number of halogens is 1. The fraction of sp³-hybridized carbons (Fsp3) is 0.158. The minimum atomic E-state index is -3.74. The molecule has 0 bridgehead atoms. The molecule has 1 N–H and O–H groups in total. The molecule has 9 heteroatoms. The highest BCUT2D eigenvalue weighted by Gasteiger charge is 2.21. The summed E-state index contributed by atoms with van der Waals surface area (Å²) >= 11 is 7.55. The van der Waals surface area contributed by atoms with Gasteiger partial charge in [-0.15, -0.1) is 0 Å². The molecule has 144 valence electrons. The monoisotopic (exact) mass is 432 g/mol. The Balaban J connectivity index is 1.72. The molecule has 2 aromatic heterocycles. The molecule has 0 unspecified atom stereocenters. The van der Waals surface area contributed by atoms with Crippen molar-refractivity contribution >= 4 is 37.9 Å². The summed E-state index contributed by atoms with van der Waals surface area (Å²) in [4.78, 5) is 5.52. The Hall–Kier alpha value is -2.26. The van der Waals surface area contributed by atoms with E-state index in [0.717, 1.165) is 21.1 Å². The number of rotatable bonds is 5. The van der Waals surface area contributed by atoms with Crippen molar-refractivity contribution in [3.05, 3.63) is 69.8 Å². The quantitative estimate of drug-likeness (QED) is 0.512. The molecule has 0 amide bonds. The van der Waals surface area contributed by atoms with Gasteiger partial charge in [0.25, 0.3) is 0 Å². The highest BCUT2D eigenvalue weighted by atomic mass is 35.5. The van der Waals surface area contributed by atoms with Crippen LogP contribution in [-0.4, -0.2) is 23.0 Å². The molecule has 0 spiro atoms. The first-order valence-electron chi connectivity index (χ1n) is 8.51. The Morgan fingerprint density at radius 2 is 1.89 bits per heavy atom. The zero-order valence-corrected chi connectivity index (χ0v) is 17.6. The van der Waals surface area contributed by atoms with Crippen LogP contribution in [0.3, 0.4) is 0 Å². The summed E-state index contributed by atoms with van der Waals surface area (Å²) in [5.41, 5.74) is 3.13. The largest absolute Gasteiger partial charge is 0.240 e. The Labute approximate surface area is 171 Å². The van der Waals surface area contributed by atoms with E-state index in [9.17, 15) is 8.42 Å². The Morgan fingerprint density at radius 1 is 1.14 bits per heavy atom. The van der Waals surface area contributed by atoms with Gasteiger partial charge in [-0.05, 0) is 31.5 Å². The average molecular weight is 433 g/mol. The minimum absolute atomic E-state index is 0.0579. The van der Waals surface area contributed by atoms with Crippen molar-refractivity contribution in [1.29, 1.82) is 0 Å². The van der Waals surface area contributed by atoms with Crippen molar-refractivity contribution < 1.29 is 8.42 Å². The number of aromatic nitrogens is 3. The predicted octanol–water partition coefficient (Wildman–Crippen LogP) is 4.21. The van der Waals surface area contributed by atoms with E-state index >= 15 is 0 Å². The number of nitrogens with zero attached hydrogens (tertiary/aromatic N) is 3. The summed E-state index contributed by atoms with van der Waals surface area (Å²) in [6.07, 6.45) is 0. The molecule has 0 radical (unpaired) electrons. The van der Waals surface area contributed by atoms with Crippen LogP contribution in [0.4, 0.5) is 0 Å². The fourth-order valence-electron chi connectivity index (χ4n) is 2.86. The lowest BCUT2D eigenvalue weighted by Gasteiger charge is -2.09. The first-order chi connectivity index (χ1) is 13.3. The van der Waals surface area contributed by atoms with E-state index in [0.29, 0.717) is 16.4 Å². The molecule has 6 nitrogen and oxygen atoms in total. The first kappa shape index (κ1) is 19.1. The fourth-order valence-corrected chi connectivity index (χ4v) is 4.88. The van der Waals surface area contributed by atoms with Gasteiger partial charge in [0.1, 0.15) is 5.01 Å². The number of fused-ring (bicyclic) bond motifs is 1. The predicted molar refractivity (Wildman–Crippen MR) is 111 cm³/mol. The number of hydrogen-bond acceptors (Lipinski definition) is 5. The number of aryl methyl sites for hydroxylation is 2. The zero-order chi connectivity index (χ0) is 19.9. The minimum Gasteiger partial charge on any atom is -0.217 e. The molecule has 0 saturated carbocycles. The summed E-state index contributed by atoms with van der Waals surface area (Å²) in [6, 6.07) is 14.3. The topological polar surface area (TPSA) is 76.4 Å². The van der Waals surface area contributed by atoms with Crippen molar-refractivity contribution in [3.8, 4) is 11.3 Å². The lowest BCUT2D eigenvalue weighted by Crippen LogP contribution is -2.24. The van der Waals surface area contributed by atoms with Gasteiger partial charge in [0, 0.05) is 10.6 Å². The van der Waals surface area contributed by atoms with Gasteiger partial charge in [-0.1, -0.05) is 59.3 Å². The Bertz CT molecular complexity index is 1260. The van der Waals surface area contributed by atoms with Crippen LogP contribution in [0.5, 0.6) is 0 Å². The number of imidazole rings is 1. The van der Waals surface area contributed by atoms with Crippen LogP contribution in [0.15, 0.2) is 53.4 Å². The summed E-state index contributed by atoms with van der Waals surface area (Å²) < 4.78 is 29.9. The third-order valence-corrected chi connectivity index (χ3v) is 6.96. The van der Waals surface area contributed by atoms with E-state index in [1.54, 1.807) is 16.6 Å².